The van der Waals surface area contributed by atoms with Crippen molar-refractivity contribution in [3.8, 4) is 5.75 Å². The Labute approximate surface area is 105 Å². The average Bonchev–Trinajstić information content (AvgIpc) is 2.22. The number of nitrogens with one attached hydrogen (secondary N) is 2. The first-order chi connectivity index (χ1) is 7.89. The van der Waals surface area contributed by atoms with Crippen LogP contribution in [0.1, 0.15) is 25.0 Å². The third-order valence-electron chi connectivity index (χ3n) is 2.91. The van der Waals surface area contributed by atoms with Gasteiger partial charge in [0.1, 0.15) is 5.75 Å². The van der Waals surface area contributed by atoms with Crippen molar-refractivity contribution < 1.29 is 4.74 Å². The number of hydrogen-bond donors (Lipinski definition) is 2. The van der Waals surface area contributed by atoms with E-state index in [-0.39, 0.29) is 5.54 Å². The van der Waals surface area contributed by atoms with Crippen LogP contribution in [0.4, 0.5) is 5.69 Å². The summed E-state index contributed by atoms with van der Waals surface area (Å²) in [5, 5.41) is 6.71. The summed E-state index contributed by atoms with van der Waals surface area (Å²) in [6.45, 7) is 9.44. The number of ether oxygens (including phenoxy) is 1. The van der Waals surface area contributed by atoms with Crippen LogP contribution < -0.4 is 15.4 Å². The van der Waals surface area contributed by atoms with Gasteiger partial charge in [0.05, 0.1) is 12.8 Å². The quantitative estimate of drug-likeness (QED) is 0.824. The summed E-state index contributed by atoms with van der Waals surface area (Å²) in [6, 6.07) is 4.22. The highest BCUT2D eigenvalue weighted by Gasteiger charge is 2.18. The molecule has 0 amide bonds. The first-order valence-electron chi connectivity index (χ1n) is 5.97. The molecule has 0 aliphatic heterocycles. The Balaban J connectivity index is 3.01. The maximum Gasteiger partial charge on any atom is 0.142 e. The number of anilines is 1. The van der Waals surface area contributed by atoms with Crippen LogP contribution in [-0.2, 0) is 0 Å². The summed E-state index contributed by atoms with van der Waals surface area (Å²) in [7, 11) is 3.67. The average molecular weight is 236 g/mol. The first kappa shape index (κ1) is 13.8. The van der Waals surface area contributed by atoms with Gasteiger partial charge in [-0.15, -0.1) is 0 Å². The van der Waals surface area contributed by atoms with Crippen LogP contribution in [0.3, 0.4) is 0 Å². The molecule has 0 radical (unpaired) electrons. The van der Waals surface area contributed by atoms with Gasteiger partial charge in [0.2, 0.25) is 0 Å². The Morgan fingerprint density at radius 2 is 1.76 bits per heavy atom. The van der Waals surface area contributed by atoms with E-state index in [0.717, 1.165) is 18.0 Å². The Bertz CT molecular complexity index is 386. The largest absolute Gasteiger partial charge is 0.495 e. The van der Waals surface area contributed by atoms with Crippen LogP contribution in [0.5, 0.6) is 5.75 Å². The monoisotopic (exact) mass is 236 g/mol. The number of hydrogen-bond acceptors (Lipinski definition) is 3. The van der Waals surface area contributed by atoms with Crippen LogP contribution in [0.25, 0.3) is 0 Å². The molecule has 1 rings (SSSR count). The standard InChI is InChI=1S/C14H24N2O/c1-10-7-12(13(17-6)8-11(10)2)16-14(3,4)9-15-5/h7-8,15-16H,9H2,1-6H3. The summed E-state index contributed by atoms with van der Waals surface area (Å²) >= 11 is 0. The van der Waals surface area contributed by atoms with Crippen molar-refractivity contribution >= 4 is 5.69 Å². The minimum absolute atomic E-state index is 0.0102. The fourth-order valence-corrected chi connectivity index (χ4v) is 1.91. The molecule has 0 heterocycles. The first-order valence-corrected chi connectivity index (χ1v) is 5.97. The number of benzene rings is 1. The van der Waals surface area contributed by atoms with E-state index in [2.05, 4.69) is 50.5 Å². The van der Waals surface area contributed by atoms with Gasteiger partial charge < -0.3 is 15.4 Å². The van der Waals surface area contributed by atoms with Gasteiger partial charge in [-0.1, -0.05) is 0 Å². The van der Waals surface area contributed by atoms with Crippen LogP contribution in [0, 0.1) is 13.8 Å². The van der Waals surface area contributed by atoms with Gasteiger partial charge in [0.15, 0.2) is 0 Å². The number of rotatable bonds is 5. The molecule has 96 valence electrons. The SMILES string of the molecule is CNCC(C)(C)Nc1cc(C)c(C)cc1OC. The van der Waals surface area contributed by atoms with E-state index >= 15 is 0 Å². The molecule has 0 fully saturated rings. The normalized spacial score (nSPS) is 11.4. The Morgan fingerprint density at radius 1 is 1.18 bits per heavy atom. The van der Waals surface area contributed by atoms with Crippen LogP contribution in [-0.4, -0.2) is 26.2 Å². The van der Waals surface area contributed by atoms with E-state index in [1.54, 1.807) is 7.11 Å². The van der Waals surface area contributed by atoms with Gasteiger partial charge in [0, 0.05) is 12.1 Å². The molecule has 0 aliphatic rings. The lowest BCUT2D eigenvalue weighted by atomic mass is 10.0. The van der Waals surface area contributed by atoms with Gasteiger partial charge >= 0.3 is 0 Å². The van der Waals surface area contributed by atoms with Crippen molar-refractivity contribution in [3.63, 3.8) is 0 Å². The summed E-state index contributed by atoms with van der Waals surface area (Å²) in [4.78, 5) is 0. The molecule has 0 atom stereocenters. The lowest BCUT2D eigenvalue weighted by Gasteiger charge is -2.28. The number of likely N-dealkylation sites (N-methyl/N-ethyl adjacent to an activating group) is 1. The smallest absolute Gasteiger partial charge is 0.142 e. The van der Waals surface area contributed by atoms with Gasteiger partial charge in [-0.05, 0) is 58.0 Å². The predicted octanol–water partition coefficient (Wildman–Crippen LogP) is 2.72. The lowest BCUT2D eigenvalue weighted by Crippen LogP contribution is -2.40. The highest BCUT2D eigenvalue weighted by molar-refractivity contribution is 5.61. The second-order valence-electron chi connectivity index (χ2n) is 5.18. The molecule has 1 aromatic carbocycles. The Hall–Kier alpha value is -1.22. The second-order valence-corrected chi connectivity index (χ2v) is 5.18. The van der Waals surface area contributed by atoms with E-state index in [0.29, 0.717) is 0 Å². The van der Waals surface area contributed by atoms with Crippen LogP contribution in [0.15, 0.2) is 12.1 Å². The summed E-state index contributed by atoms with van der Waals surface area (Å²) in [6.07, 6.45) is 0. The summed E-state index contributed by atoms with van der Waals surface area (Å²) in [5.41, 5.74) is 3.56. The molecule has 0 aliphatic carbocycles. The van der Waals surface area contributed by atoms with E-state index in [9.17, 15) is 0 Å². The summed E-state index contributed by atoms with van der Waals surface area (Å²) < 4.78 is 5.42. The molecule has 0 unspecified atom stereocenters. The van der Waals surface area contributed by atoms with Gasteiger partial charge in [0.25, 0.3) is 0 Å². The molecule has 0 saturated heterocycles. The predicted molar refractivity (Wildman–Crippen MR) is 74.1 cm³/mol. The fraction of sp³-hybridized carbons (Fsp3) is 0.571. The lowest BCUT2D eigenvalue weighted by molar-refractivity contribution is 0.413. The molecule has 1 aromatic rings. The molecule has 2 N–H and O–H groups in total. The number of methoxy groups -OCH3 is 1. The van der Waals surface area contributed by atoms with Crippen molar-refractivity contribution in [1.29, 1.82) is 0 Å². The Morgan fingerprint density at radius 3 is 2.29 bits per heavy atom. The molecule has 17 heavy (non-hydrogen) atoms. The molecule has 0 aromatic heterocycles. The van der Waals surface area contributed by atoms with Crippen molar-refractivity contribution in [1.82, 2.24) is 5.32 Å². The Kier molecular flexibility index (Phi) is 4.40. The molecule has 0 saturated carbocycles. The third kappa shape index (κ3) is 3.63. The molecule has 0 bridgehead atoms. The van der Waals surface area contributed by atoms with Gasteiger partial charge in [-0.2, -0.15) is 0 Å². The zero-order chi connectivity index (χ0) is 13.1. The minimum atomic E-state index is -0.0102. The van der Waals surface area contributed by atoms with Crippen molar-refractivity contribution in [2.75, 3.05) is 26.0 Å². The van der Waals surface area contributed by atoms with Crippen LogP contribution >= 0.6 is 0 Å². The molecule has 3 heteroatoms. The molecular weight excluding hydrogens is 212 g/mol. The zero-order valence-corrected chi connectivity index (χ0v) is 11.8. The van der Waals surface area contributed by atoms with Crippen molar-refractivity contribution in [3.05, 3.63) is 23.3 Å². The highest BCUT2D eigenvalue weighted by atomic mass is 16.5. The highest BCUT2D eigenvalue weighted by Crippen LogP contribution is 2.30. The van der Waals surface area contributed by atoms with E-state index in [4.69, 9.17) is 4.74 Å². The molecular formula is C14H24N2O. The van der Waals surface area contributed by atoms with E-state index < -0.39 is 0 Å². The minimum Gasteiger partial charge on any atom is -0.495 e. The fourth-order valence-electron chi connectivity index (χ4n) is 1.91. The van der Waals surface area contributed by atoms with Gasteiger partial charge in [-0.3, -0.25) is 0 Å². The van der Waals surface area contributed by atoms with E-state index in [1.807, 2.05) is 7.05 Å². The van der Waals surface area contributed by atoms with E-state index in [1.165, 1.54) is 11.1 Å². The van der Waals surface area contributed by atoms with Crippen molar-refractivity contribution in [2.24, 2.45) is 0 Å². The topological polar surface area (TPSA) is 33.3 Å². The number of aryl methyl sites for hydroxylation is 2. The third-order valence-corrected chi connectivity index (χ3v) is 2.91. The van der Waals surface area contributed by atoms with Crippen LogP contribution in [0.2, 0.25) is 0 Å². The van der Waals surface area contributed by atoms with Gasteiger partial charge in [-0.25, -0.2) is 0 Å². The molecule has 0 spiro atoms. The summed E-state index contributed by atoms with van der Waals surface area (Å²) in [5.74, 6) is 0.900. The maximum atomic E-state index is 5.42. The maximum absolute atomic E-state index is 5.42. The zero-order valence-electron chi connectivity index (χ0n) is 11.8. The van der Waals surface area contributed by atoms with Crippen molar-refractivity contribution in [2.45, 2.75) is 33.2 Å². The second kappa shape index (κ2) is 5.41. The molecule has 3 nitrogen and oxygen atoms in total.